The fourth-order valence-corrected chi connectivity index (χ4v) is 3.01. The average Bonchev–Trinajstić information content (AvgIpc) is 2.53. The molecule has 2 saturated carbocycles. The van der Waals surface area contributed by atoms with Crippen LogP contribution in [0.25, 0.3) is 0 Å². The second-order valence-corrected chi connectivity index (χ2v) is 4.94. The Morgan fingerprint density at radius 1 is 1.54 bits per heavy atom. The summed E-state index contributed by atoms with van der Waals surface area (Å²) in [7, 11) is 0. The van der Waals surface area contributed by atoms with Crippen molar-refractivity contribution in [3.63, 3.8) is 0 Å². The summed E-state index contributed by atoms with van der Waals surface area (Å²) in [6.45, 7) is 3.87. The number of nitrogens with two attached hydrogens (primary N) is 1. The highest BCUT2D eigenvalue weighted by atomic mass is 16.2. The quantitative estimate of drug-likeness (QED) is 0.610. The minimum Gasteiger partial charge on any atom is -0.369 e. The Labute approximate surface area is 77.7 Å². The van der Waals surface area contributed by atoms with Crippen molar-refractivity contribution >= 4 is 11.7 Å². The molecule has 0 aliphatic heterocycles. The number of fused-ring (bicyclic) bond motifs is 2. The van der Waals surface area contributed by atoms with E-state index in [1.165, 1.54) is 0 Å². The zero-order valence-corrected chi connectivity index (χ0v) is 8.09. The maximum atomic E-state index is 12.0. The van der Waals surface area contributed by atoms with Crippen molar-refractivity contribution < 1.29 is 9.59 Å². The summed E-state index contributed by atoms with van der Waals surface area (Å²) in [6, 6.07) is 0. The predicted octanol–water partition coefficient (Wildman–Crippen LogP) is 0.867. The van der Waals surface area contributed by atoms with E-state index in [-0.39, 0.29) is 11.2 Å². The van der Waals surface area contributed by atoms with Crippen LogP contribution in [0.15, 0.2) is 0 Å². The molecule has 3 nitrogen and oxygen atoms in total. The van der Waals surface area contributed by atoms with E-state index in [1.807, 2.05) is 13.8 Å². The van der Waals surface area contributed by atoms with Gasteiger partial charge in [0.15, 0.2) is 5.78 Å². The first-order valence-electron chi connectivity index (χ1n) is 4.76. The lowest BCUT2D eigenvalue weighted by Crippen LogP contribution is -2.45. The summed E-state index contributed by atoms with van der Waals surface area (Å²) < 4.78 is 0. The summed E-state index contributed by atoms with van der Waals surface area (Å²) in [4.78, 5) is 23.2. The van der Waals surface area contributed by atoms with Gasteiger partial charge < -0.3 is 5.73 Å². The van der Waals surface area contributed by atoms with Gasteiger partial charge in [0.2, 0.25) is 5.91 Å². The normalized spacial score (nSPS) is 41.1. The molecule has 2 bridgehead atoms. The fraction of sp³-hybridized carbons (Fsp3) is 0.800. The van der Waals surface area contributed by atoms with Gasteiger partial charge in [0.25, 0.3) is 0 Å². The molecule has 2 aliphatic carbocycles. The Morgan fingerprint density at radius 3 is 2.46 bits per heavy atom. The first kappa shape index (κ1) is 8.73. The summed E-state index contributed by atoms with van der Waals surface area (Å²) in [5.41, 5.74) is 4.20. The van der Waals surface area contributed by atoms with Crippen molar-refractivity contribution in [3.8, 4) is 0 Å². The molecule has 1 amide bonds. The standard InChI is InChI=1S/C10H15NO2/c1-9(2)6-3-4-10(5-6,7(9)12)8(11)13/h6H,3-5H2,1-2H3,(H2,11,13)/t6-,10-/m1/s1. The van der Waals surface area contributed by atoms with Crippen molar-refractivity contribution in [2.45, 2.75) is 33.1 Å². The van der Waals surface area contributed by atoms with Crippen LogP contribution in [-0.2, 0) is 9.59 Å². The molecule has 72 valence electrons. The topological polar surface area (TPSA) is 60.2 Å². The number of Topliss-reactive ketones (excluding diaryl/α,β-unsaturated/α-hetero) is 1. The van der Waals surface area contributed by atoms with E-state index in [0.29, 0.717) is 18.8 Å². The molecule has 2 N–H and O–H groups in total. The van der Waals surface area contributed by atoms with Crippen molar-refractivity contribution in [2.24, 2.45) is 22.5 Å². The molecule has 0 aromatic heterocycles. The van der Waals surface area contributed by atoms with Crippen LogP contribution in [0.3, 0.4) is 0 Å². The number of rotatable bonds is 1. The van der Waals surface area contributed by atoms with Gasteiger partial charge in [0, 0.05) is 5.41 Å². The number of ketones is 1. The van der Waals surface area contributed by atoms with E-state index in [0.717, 1.165) is 6.42 Å². The molecule has 2 rings (SSSR count). The molecule has 2 atom stereocenters. The lowest BCUT2D eigenvalue weighted by molar-refractivity contribution is -0.143. The van der Waals surface area contributed by atoms with Gasteiger partial charge in [-0.1, -0.05) is 13.8 Å². The zero-order chi connectivity index (χ0) is 9.85. The van der Waals surface area contributed by atoms with Gasteiger partial charge in [-0.15, -0.1) is 0 Å². The molecule has 0 radical (unpaired) electrons. The first-order chi connectivity index (χ1) is 5.91. The minimum absolute atomic E-state index is 0.0729. The van der Waals surface area contributed by atoms with E-state index in [1.54, 1.807) is 0 Å². The van der Waals surface area contributed by atoms with E-state index in [4.69, 9.17) is 5.73 Å². The molecule has 3 heteroatoms. The molecule has 0 heterocycles. The van der Waals surface area contributed by atoms with Gasteiger partial charge >= 0.3 is 0 Å². The van der Waals surface area contributed by atoms with Crippen LogP contribution in [0, 0.1) is 16.7 Å². The monoisotopic (exact) mass is 181 g/mol. The van der Waals surface area contributed by atoms with Gasteiger partial charge in [0.1, 0.15) is 5.41 Å². The molecule has 2 aliphatic rings. The van der Waals surface area contributed by atoms with E-state index < -0.39 is 11.3 Å². The van der Waals surface area contributed by atoms with Crippen LogP contribution in [0.5, 0.6) is 0 Å². The molecular formula is C10H15NO2. The molecule has 0 aromatic rings. The Hall–Kier alpha value is -0.860. The van der Waals surface area contributed by atoms with Crippen molar-refractivity contribution in [1.29, 1.82) is 0 Å². The van der Waals surface area contributed by atoms with Crippen molar-refractivity contribution in [2.75, 3.05) is 0 Å². The summed E-state index contributed by atoms with van der Waals surface area (Å²) >= 11 is 0. The Balaban J connectivity index is 2.46. The molecule has 13 heavy (non-hydrogen) atoms. The maximum absolute atomic E-state index is 12.0. The molecule has 0 saturated heterocycles. The highest BCUT2D eigenvalue weighted by Gasteiger charge is 2.64. The average molecular weight is 181 g/mol. The van der Waals surface area contributed by atoms with Crippen molar-refractivity contribution in [3.05, 3.63) is 0 Å². The van der Waals surface area contributed by atoms with Gasteiger partial charge in [-0.3, -0.25) is 9.59 Å². The summed E-state index contributed by atoms with van der Waals surface area (Å²) in [5.74, 6) is 0.0295. The first-order valence-corrected chi connectivity index (χ1v) is 4.76. The molecular weight excluding hydrogens is 166 g/mol. The Kier molecular flexibility index (Phi) is 1.44. The van der Waals surface area contributed by atoms with Crippen LogP contribution in [0.2, 0.25) is 0 Å². The number of primary amides is 1. The maximum Gasteiger partial charge on any atom is 0.231 e. The second kappa shape index (κ2) is 2.14. The van der Waals surface area contributed by atoms with Crippen LogP contribution >= 0.6 is 0 Å². The Bertz CT molecular complexity index is 295. The molecule has 0 spiro atoms. The van der Waals surface area contributed by atoms with Crippen molar-refractivity contribution in [1.82, 2.24) is 0 Å². The number of carbonyl (C=O) groups excluding carboxylic acids is 2. The van der Waals surface area contributed by atoms with Gasteiger partial charge in [-0.2, -0.15) is 0 Å². The van der Waals surface area contributed by atoms with Crippen LogP contribution in [-0.4, -0.2) is 11.7 Å². The number of amides is 1. The van der Waals surface area contributed by atoms with E-state index >= 15 is 0 Å². The SMILES string of the molecule is CC1(C)C(=O)[C@@]2(C(N)=O)CC[C@@H]1C2. The third-order valence-corrected chi connectivity index (χ3v) is 4.03. The number of hydrogen-bond donors (Lipinski definition) is 1. The largest absolute Gasteiger partial charge is 0.369 e. The fourth-order valence-electron chi connectivity index (χ4n) is 3.01. The van der Waals surface area contributed by atoms with Gasteiger partial charge in [-0.25, -0.2) is 0 Å². The van der Waals surface area contributed by atoms with E-state index in [9.17, 15) is 9.59 Å². The smallest absolute Gasteiger partial charge is 0.231 e. The highest BCUT2D eigenvalue weighted by molar-refractivity contribution is 6.10. The third kappa shape index (κ3) is 0.798. The summed E-state index contributed by atoms with van der Waals surface area (Å²) in [6.07, 6.45) is 2.34. The minimum atomic E-state index is -0.797. The van der Waals surface area contributed by atoms with Gasteiger partial charge in [0.05, 0.1) is 0 Å². The lowest BCUT2D eigenvalue weighted by atomic mass is 9.70. The third-order valence-electron chi connectivity index (χ3n) is 4.03. The van der Waals surface area contributed by atoms with Crippen LogP contribution < -0.4 is 5.73 Å². The molecule has 2 fully saturated rings. The Morgan fingerprint density at radius 2 is 2.15 bits per heavy atom. The van der Waals surface area contributed by atoms with Crippen LogP contribution in [0.4, 0.5) is 0 Å². The number of carbonyl (C=O) groups is 2. The number of hydrogen-bond acceptors (Lipinski definition) is 2. The van der Waals surface area contributed by atoms with Gasteiger partial charge in [-0.05, 0) is 25.2 Å². The second-order valence-electron chi connectivity index (χ2n) is 4.94. The highest BCUT2D eigenvalue weighted by Crippen LogP contribution is 2.59. The zero-order valence-electron chi connectivity index (χ0n) is 8.09. The molecule has 0 aromatic carbocycles. The molecule has 0 unspecified atom stereocenters. The van der Waals surface area contributed by atoms with E-state index in [2.05, 4.69) is 0 Å². The predicted molar refractivity (Wildman–Crippen MR) is 47.8 cm³/mol. The van der Waals surface area contributed by atoms with Crippen LogP contribution in [0.1, 0.15) is 33.1 Å². The lowest BCUT2D eigenvalue weighted by Gasteiger charge is -2.31. The summed E-state index contributed by atoms with van der Waals surface area (Å²) in [5, 5.41) is 0.